The number of nitrogens with zero attached hydrogens (tertiary/aromatic N) is 8. The minimum atomic E-state index is -0.291. The van der Waals surface area contributed by atoms with E-state index in [1.54, 1.807) is 23.7 Å². The molecule has 12 rings (SSSR count). The van der Waals surface area contributed by atoms with Crippen LogP contribution in [0.1, 0.15) is 193 Å². The number of carbonyl (C=O) groups excluding carboxylic acids is 4. The second kappa shape index (κ2) is 32.5. The molecule has 8 aromatic rings. The van der Waals surface area contributed by atoms with Crippen LogP contribution in [-0.2, 0) is 71.0 Å². The number of para-hydroxylation sites is 1. The Morgan fingerprint density at radius 3 is 1.41 bits per heavy atom. The fraction of sp³-hybridized carbons (Fsp3) is 0.514. The van der Waals surface area contributed by atoms with Gasteiger partial charge in [0.25, 0.3) is 17.7 Å². The maximum Gasteiger partial charge on any atom is 0.324 e. The van der Waals surface area contributed by atoms with Crippen LogP contribution in [0.15, 0.2) is 111 Å². The van der Waals surface area contributed by atoms with Crippen LogP contribution in [0.5, 0.6) is 0 Å². The van der Waals surface area contributed by atoms with Crippen LogP contribution in [0.3, 0.4) is 0 Å². The van der Waals surface area contributed by atoms with Crippen molar-refractivity contribution >= 4 is 35.3 Å². The van der Waals surface area contributed by atoms with Gasteiger partial charge in [-0.15, -0.1) is 0 Å². The molecule has 7 heterocycles. The van der Waals surface area contributed by atoms with E-state index in [1.165, 1.54) is 0 Å². The second-order valence-electron chi connectivity index (χ2n) is 25.6. The molecule has 5 amide bonds. The van der Waals surface area contributed by atoms with Crippen LogP contribution in [-0.4, -0.2) is 104 Å². The van der Waals surface area contributed by atoms with Gasteiger partial charge in [-0.1, -0.05) is 86.8 Å². The number of urea groups is 1. The highest BCUT2D eigenvalue weighted by Gasteiger charge is 2.33. The van der Waals surface area contributed by atoms with E-state index in [2.05, 4.69) is 77.7 Å². The Bertz CT molecular complexity index is 3440. The van der Waals surface area contributed by atoms with Crippen molar-refractivity contribution < 1.29 is 50.5 Å². The second-order valence-corrected chi connectivity index (χ2v) is 25.6. The molecule has 2 N–H and O–H groups in total. The van der Waals surface area contributed by atoms with Gasteiger partial charge in [0.1, 0.15) is 40.3 Å². The third-order valence-corrected chi connectivity index (χ3v) is 17.3. The van der Waals surface area contributed by atoms with E-state index in [4.69, 9.17) is 31.3 Å². The fourth-order valence-corrected chi connectivity index (χ4v) is 11.8. The van der Waals surface area contributed by atoms with Gasteiger partial charge in [0.2, 0.25) is 0 Å². The molecule has 0 saturated heterocycles. The number of carbonyl (C=O) groups is 4. The minimum Gasteiger partial charge on any atom is -0.467 e. The van der Waals surface area contributed by atoms with Crippen molar-refractivity contribution in [1.29, 1.82) is 0 Å². The summed E-state index contributed by atoms with van der Waals surface area (Å²) in [6, 6.07) is 18.6. The highest BCUT2D eigenvalue weighted by atomic mass is 16.5. The molecule has 1 aromatic carbocycles. The molecule has 0 aliphatic heterocycles. The van der Waals surface area contributed by atoms with E-state index >= 15 is 0 Å². The number of hydrogen-bond donors (Lipinski definition) is 2. The molecule has 0 fully saturated rings. The molecule has 4 aliphatic rings. The Labute approximate surface area is 533 Å². The predicted molar refractivity (Wildman–Crippen MR) is 343 cm³/mol. The number of amides is 5. The Morgan fingerprint density at radius 1 is 0.527 bits per heavy atom. The number of aromatic nitrogens is 4. The van der Waals surface area contributed by atoms with Gasteiger partial charge in [-0.3, -0.25) is 19.7 Å². The number of likely N-dealkylation sites (N-methyl/N-ethyl adjacent to an activating group) is 1. The van der Waals surface area contributed by atoms with Crippen molar-refractivity contribution in [2.45, 2.75) is 171 Å². The summed E-state index contributed by atoms with van der Waals surface area (Å²) in [5.41, 5.74) is 7.32. The van der Waals surface area contributed by atoms with Crippen LogP contribution in [0.2, 0.25) is 0 Å². The summed E-state index contributed by atoms with van der Waals surface area (Å²) in [6.45, 7) is 19.2. The first-order valence-electron chi connectivity index (χ1n) is 32.6. The first kappa shape index (κ1) is 66.9. The lowest BCUT2D eigenvalue weighted by Crippen LogP contribution is -2.37. The van der Waals surface area contributed by atoms with Gasteiger partial charge in [-0.25, -0.2) is 4.79 Å². The van der Waals surface area contributed by atoms with E-state index in [1.807, 2.05) is 91.5 Å². The summed E-state index contributed by atoms with van der Waals surface area (Å²) < 4.78 is 37.8. The molecule has 91 heavy (non-hydrogen) atoms. The quantitative estimate of drug-likeness (QED) is 0.0720. The lowest BCUT2D eigenvalue weighted by Gasteiger charge is -2.24. The summed E-state index contributed by atoms with van der Waals surface area (Å²) in [7, 11) is 3.99. The van der Waals surface area contributed by atoms with Crippen LogP contribution in [0, 0.1) is 30.6 Å². The number of nitrogens with one attached hydrogen (secondary N) is 2. The van der Waals surface area contributed by atoms with Crippen molar-refractivity contribution in [2.24, 2.45) is 23.7 Å². The normalized spacial score (nSPS) is 16.3. The van der Waals surface area contributed by atoms with E-state index in [0.717, 1.165) is 183 Å². The molecule has 0 spiro atoms. The summed E-state index contributed by atoms with van der Waals surface area (Å²) >= 11 is 0. The maximum atomic E-state index is 13.1. The smallest absolute Gasteiger partial charge is 0.324 e. The van der Waals surface area contributed by atoms with Gasteiger partial charge in [0.15, 0.2) is 22.9 Å². The monoisotopic (exact) mass is 1250 g/mol. The largest absolute Gasteiger partial charge is 0.467 e. The first-order chi connectivity index (χ1) is 44.0. The molecular weight excluding hydrogens is 1160 g/mol. The topological polar surface area (TPSA) is 249 Å². The molecule has 21 heteroatoms. The van der Waals surface area contributed by atoms with Gasteiger partial charge >= 0.3 is 6.03 Å². The number of anilines is 2. The standard InChI is InChI=1S/C19H26N2O3.C18H25N3O3.C18H24N2O3.C15H17N3O2/c1-13(2)8-9-21(12-15-5-4-10-23-15)19(22)18-16-11-14(3)6-7-17(16)24-20-18;1-13-6-7-16-15(11-13)17(19-24-16)18(22)21(9-8-20(2)3)12-14-5-4-10-23-14;1-3-4-9-20(12-14-6-5-10-22-14)18(21)17-15-11-13(2)7-8-16(15)23-19-17;1-10-6-2-4-8-12(10)16-15(19)17-14-11-7-3-5-9-13(11)20-18-14/h4-5,10,13-14H,6-9,11-12H2,1-3H3;4-5,10,13H,6-9,11-12H2,1-3H3;5-6,10,13H,3-4,7-9,11-12H2,1-2H3;2,4,6,8H,3,5,7,9H2,1H3,(H2,16,17,18,19). The number of hydrogen-bond acceptors (Lipinski definition) is 16. The number of rotatable bonds is 20. The third-order valence-electron chi connectivity index (χ3n) is 17.3. The van der Waals surface area contributed by atoms with Crippen molar-refractivity contribution in [2.75, 3.05) is 50.9 Å². The van der Waals surface area contributed by atoms with E-state index in [0.29, 0.717) is 85.8 Å². The van der Waals surface area contributed by atoms with Gasteiger partial charge in [-0.2, -0.15) is 0 Å². The first-order valence-corrected chi connectivity index (χ1v) is 32.6. The van der Waals surface area contributed by atoms with E-state index in [-0.39, 0.29) is 23.8 Å². The fourth-order valence-electron chi connectivity index (χ4n) is 11.8. The molecule has 0 saturated carbocycles. The maximum absolute atomic E-state index is 13.1. The third kappa shape index (κ3) is 18.4. The predicted octanol–water partition coefficient (Wildman–Crippen LogP) is 14.0. The zero-order valence-corrected chi connectivity index (χ0v) is 54.6. The number of unbranched alkanes of at least 4 members (excludes halogenated alkanes) is 1. The van der Waals surface area contributed by atoms with Crippen molar-refractivity contribution in [3.63, 3.8) is 0 Å². The van der Waals surface area contributed by atoms with Gasteiger partial charge in [0.05, 0.1) is 38.4 Å². The summed E-state index contributed by atoms with van der Waals surface area (Å²) in [5, 5.41) is 21.9. The summed E-state index contributed by atoms with van der Waals surface area (Å²) in [6.07, 6.45) is 20.4. The van der Waals surface area contributed by atoms with Gasteiger partial charge in [-0.05, 0) is 163 Å². The van der Waals surface area contributed by atoms with Crippen molar-refractivity contribution in [3.05, 3.63) is 165 Å². The highest BCUT2D eigenvalue weighted by Crippen LogP contribution is 2.33. The summed E-state index contributed by atoms with van der Waals surface area (Å²) in [5.74, 6) is 8.51. The summed E-state index contributed by atoms with van der Waals surface area (Å²) in [4.78, 5) is 58.6. The average Bonchev–Trinajstić information content (AvgIpc) is 1.87. The minimum absolute atomic E-state index is 0.0473. The van der Waals surface area contributed by atoms with Crippen molar-refractivity contribution in [3.8, 4) is 0 Å². The number of furan rings is 3. The zero-order chi connectivity index (χ0) is 64.4. The molecule has 4 aliphatic carbocycles. The van der Waals surface area contributed by atoms with Crippen molar-refractivity contribution in [1.82, 2.24) is 40.2 Å². The van der Waals surface area contributed by atoms with Crippen LogP contribution in [0.25, 0.3) is 0 Å². The van der Waals surface area contributed by atoms with Crippen LogP contribution < -0.4 is 10.6 Å². The molecular formula is C70H92N10O11. The Kier molecular flexibility index (Phi) is 23.9. The van der Waals surface area contributed by atoms with Crippen LogP contribution >= 0.6 is 0 Å². The number of aryl methyl sites for hydroxylation is 5. The lowest BCUT2D eigenvalue weighted by atomic mass is 9.88. The molecule has 21 nitrogen and oxygen atoms in total. The lowest BCUT2D eigenvalue weighted by molar-refractivity contribution is 0.0702. The number of fused-ring (bicyclic) bond motifs is 4. The molecule has 0 radical (unpaired) electrons. The van der Waals surface area contributed by atoms with Gasteiger partial charge in [0, 0.05) is 79.8 Å². The van der Waals surface area contributed by atoms with Gasteiger partial charge < -0.3 is 56.3 Å². The Hall–Kier alpha value is -8.46. The zero-order valence-electron chi connectivity index (χ0n) is 54.6. The van der Waals surface area contributed by atoms with Crippen LogP contribution in [0.4, 0.5) is 16.3 Å². The Morgan fingerprint density at radius 2 is 0.967 bits per heavy atom. The molecule has 3 atom stereocenters. The highest BCUT2D eigenvalue weighted by molar-refractivity contribution is 6.00. The number of benzene rings is 1. The molecule has 7 aromatic heterocycles. The van der Waals surface area contributed by atoms with E-state index in [9.17, 15) is 19.2 Å². The molecule has 3 unspecified atom stereocenters. The Balaban J connectivity index is 0.000000144. The average molecular weight is 1250 g/mol. The molecule has 0 bridgehead atoms. The van der Waals surface area contributed by atoms with E-state index < -0.39 is 0 Å². The molecule has 488 valence electrons. The SMILES string of the molecule is CC(C)CCN(Cc1ccco1)C(=O)c1noc2c1CC(C)CC2.CC1CCc2onc(C(=O)N(CCN(C)C)Cc3ccco3)c2C1.CCCCN(Cc1ccco1)C(=O)c1noc2c1CC(C)CC2.Cc1ccccc1NC(=O)Nc1noc2c1CCCC2.